The standard InChI is InChI=1S/C22H28N4O/c1-18-5-4-6-20(15-18)25-13-11-24(12-14-25)10-8-22(27)26-16-19(17-26)21-7-2-3-9-23-21/h2-7,9,15,19H,8,10-14,16-17H2,1H3. The number of hydrogen-bond acceptors (Lipinski definition) is 4. The van der Waals surface area contributed by atoms with Crippen molar-refractivity contribution in [2.24, 2.45) is 0 Å². The lowest BCUT2D eigenvalue weighted by atomic mass is 9.95. The highest BCUT2D eigenvalue weighted by Crippen LogP contribution is 2.26. The second kappa shape index (κ2) is 8.09. The van der Waals surface area contributed by atoms with Crippen LogP contribution in [0.1, 0.15) is 23.6 Å². The van der Waals surface area contributed by atoms with E-state index in [0.29, 0.717) is 12.3 Å². The molecule has 1 aromatic heterocycles. The molecule has 2 fully saturated rings. The van der Waals surface area contributed by atoms with Crippen LogP contribution in [0.25, 0.3) is 0 Å². The van der Waals surface area contributed by atoms with Gasteiger partial charge in [0.1, 0.15) is 0 Å². The molecule has 2 aliphatic rings. The molecule has 0 unspecified atom stereocenters. The molecule has 4 rings (SSSR count). The molecule has 0 N–H and O–H groups in total. The molecule has 1 amide bonds. The average Bonchev–Trinajstić information content (AvgIpc) is 2.66. The molecule has 1 aromatic carbocycles. The fourth-order valence-corrected chi connectivity index (χ4v) is 3.95. The second-order valence-corrected chi connectivity index (χ2v) is 7.67. The van der Waals surface area contributed by atoms with E-state index in [1.807, 2.05) is 23.2 Å². The third kappa shape index (κ3) is 4.30. The van der Waals surface area contributed by atoms with Gasteiger partial charge >= 0.3 is 0 Å². The van der Waals surface area contributed by atoms with Crippen molar-refractivity contribution < 1.29 is 4.79 Å². The Morgan fingerprint density at radius 3 is 2.59 bits per heavy atom. The first kappa shape index (κ1) is 18.0. The molecule has 2 aliphatic heterocycles. The van der Waals surface area contributed by atoms with Gasteiger partial charge in [0.15, 0.2) is 0 Å². The van der Waals surface area contributed by atoms with Gasteiger partial charge < -0.3 is 9.80 Å². The Hall–Kier alpha value is -2.40. The molecule has 2 saturated heterocycles. The zero-order valence-electron chi connectivity index (χ0n) is 16.1. The normalized spacial score (nSPS) is 18.4. The van der Waals surface area contributed by atoms with Crippen molar-refractivity contribution in [2.75, 3.05) is 50.7 Å². The molecule has 2 aromatic rings. The van der Waals surface area contributed by atoms with Crippen LogP contribution >= 0.6 is 0 Å². The summed E-state index contributed by atoms with van der Waals surface area (Å²) in [4.78, 5) is 23.7. The molecule has 3 heterocycles. The summed E-state index contributed by atoms with van der Waals surface area (Å²) in [5.74, 6) is 0.691. The molecule has 0 saturated carbocycles. The lowest BCUT2D eigenvalue weighted by molar-refractivity contribution is -0.136. The number of aryl methyl sites for hydroxylation is 1. The van der Waals surface area contributed by atoms with E-state index in [1.165, 1.54) is 11.3 Å². The maximum atomic E-state index is 12.4. The van der Waals surface area contributed by atoms with E-state index < -0.39 is 0 Å². The fraction of sp³-hybridized carbons (Fsp3) is 0.455. The van der Waals surface area contributed by atoms with Gasteiger partial charge in [-0.3, -0.25) is 14.7 Å². The summed E-state index contributed by atoms with van der Waals surface area (Å²) in [5, 5.41) is 0. The minimum atomic E-state index is 0.281. The molecule has 5 nitrogen and oxygen atoms in total. The lowest BCUT2D eigenvalue weighted by Gasteiger charge is -2.40. The van der Waals surface area contributed by atoms with Gasteiger partial charge in [-0.2, -0.15) is 0 Å². The number of pyridine rings is 1. The van der Waals surface area contributed by atoms with Crippen molar-refractivity contribution in [1.82, 2.24) is 14.8 Å². The van der Waals surface area contributed by atoms with Gasteiger partial charge in [0.25, 0.3) is 0 Å². The third-order valence-corrected chi connectivity index (χ3v) is 5.72. The Morgan fingerprint density at radius 2 is 1.89 bits per heavy atom. The summed E-state index contributed by atoms with van der Waals surface area (Å²) < 4.78 is 0. The van der Waals surface area contributed by atoms with Gasteiger partial charge in [-0.25, -0.2) is 0 Å². The van der Waals surface area contributed by atoms with Crippen molar-refractivity contribution >= 4 is 11.6 Å². The molecule has 0 bridgehead atoms. The van der Waals surface area contributed by atoms with Crippen molar-refractivity contribution in [2.45, 2.75) is 19.3 Å². The molecular weight excluding hydrogens is 336 g/mol. The molecule has 0 atom stereocenters. The Balaban J connectivity index is 1.18. The molecule has 5 heteroatoms. The van der Waals surface area contributed by atoms with Gasteiger partial charge in [0.2, 0.25) is 5.91 Å². The topological polar surface area (TPSA) is 39.7 Å². The number of benzene rings is 1. The number of likely N-dealkylation sites (tertiary alicyclic amines) is 1. The summed E-state index contributed by atoms with van der Waals surface area (Å²) >= 11 is 0. The van der Waals surface area contributed by atoms with E-state index >= 15 is 0 Å². The molecule has 27 heavy (non-hydrogen) atoms. The zero-order valence-corrected chi connectivity index (χ0v) is 16.1. The highest BCUT2D eigenvalue weighted by molar-refractivity contribution is 5.77. The van der Waals surface area contributed by atoms with Crippen LogP contribution in [0.2, 0.25) is 0 Å². The molecule has 0 spiro atoms. The van der Waals surface area contributed by atoms with E-state index in [2.05, 4.69) is 52.0 Å². The van der Waals surface area contributed by atoms with Crippen LogP contribution in [-0.4, -0.2) is 66.5 Å². The molecule has 0 aliphatic carbocycles. The number of amides is 1. The van der Waals surface area contributed by atoms with Crippen LogP contribution in [0, 0.1) is 6.92 Å². The number of nitrogens with zero attached hydrogens (tertiary/aromatic N) is 4. The Labute approximate surface area is 161 Å². The minimum absolute atomic E-state index is 0.281. The maximum Gasteiger partial charge on any atom is 0.223 e. The largest absolute Gasteiger partial charge is 0.369 e. The average molecular weight is 364 g/mol. The van der Waals surface area contributed by atoms with Crippen molar-refractivity contribution in [3.63, 3.8) is 0 Å². The SMILES string of the molecule is Cc1cccc(N2CCN(CCC(=O)N3CC(c4ccccn4)C3)CC2)c1. The molecule has 0 radical (unpaired) electrons. The van der Waals surface area contributed by atoms with Gasteiger partial charge in [0.05, 0.1) is 0 Å². The Kier molecular flexibility index (Phi) is 5.39. The predicted molar refractivity (Wildman–Crippen MR) is 108 cm³/mol. The maximum absolute atomic E-state index is 12.4. The first-order valence-electron chi connectivity index (χ1n) is 9.92. The van der Waals surface area contributed by atoms with Gasteiger partial charge in [-0.05, 0) is 36.8 Å². The monoisotopic (exact) mass is 364 g/mol. The van der Waals surface area contributed by atoms with E-state index in [4.69, 9.17) is 0 Å². The highest BCUT2D eigenvalue weighted by Gasteiger charge is 2.32. The predicted octanol–water partition coefficient (Wildman–Crippen LogP) is 2.53. The minimum Gasteiger partial charge on any atom is -0.369 e. The Bertz CT molecular complexity index is 765. The lowest BCUT2D eigenvalue weighted by Crippen LogP contribution is -2.50. The van der Waals surface area contributed by atoms with E-state index in [9.17, 15) is 4.79 Å². The van der Waals surface area contributed by atoms with Crippen LogP contribution in [-0.2, 0) is 4.79 Å². The smallest absolute Gasteiger partial charge is 0.223 e. The number of rotatable bonds is 5. The number of aromatic nitrogens is 1. The van der Waals surface area contributed by atoms with Crippen molar-refractivity contribution in [1.29, 1.82) is 0 Å². The highest BCUT2D eigenvalue weighted by atomic mass is 16.2. The van der Waals surface area contributed by atoms with Crippen LogP contribution in [0.15, 0.2) is 48.7 Å². The van der Waals surface area contributed by atoms with E-state index in [1.54, 1.807) is 0 Å². The van der Waals surface area contributed by atoms with Crippen LogP contribution < -0.4 is 4.90 Å². The van der Waals surface area contributed by atoms with Crippen molar-refractivity contribution in [3.05, 3.63) is 59.9 Å². The number of hydrogen-bond donors (Lipinski definition) is 0. The molecule has 142 valence electrons. The van der Waals surface area contributed by atoms with Gasteiger partial charge in [-0.15, -0.1) is 0 Å². The van der Waals surface area contributed by atoms with E-state index in [0.717, 1.165) is 51.5 Å². The van der Waals surface area contributed by atoms with Crippen molar-refractivity contribution in [3.8, 4) is 0 Å². The summed E-state index contributed by atoms with van der Waals surface area (Å²) in [6, 6.07) is 14.7. The Morgan fingerprint density at radius 1 is 1.07 bits per heavy atom. The van der Waals surface area contributed by atoms with Crippen LogP contribution in [0.4, 0.5) is 5.69 Å². The number of piperazine rings is 1. The van der Waals surface area contributed by atoms with E-state index in [-0.39, 0.29) is 5.91 Å². The van der Waals surface area contributed by atoms with Crippen LogP contribution in [0.3, 0.4) is 0 Å². The summed E-state index contributed by atoms with van der Waals surface area (Å²) in [6.45, 7) is 8.75. The number of carbonyl (C=O) groups is 1. The summed E-state index contributed by atoms with van der Waals surface area (Å²) in [5.41, 5.74) is 3.72. The quantitative estimate of drug-likeness (QED) is 0.817. The first-order valence-corrected chi connectivity index (χ1v) is 9.92. The van der Waals surface area contributed by atoms with Crippen LogP contribution in [0.5, 0.6) is 0 Å². The summed E-state index contributed by atoms with van der Waals surface area (Å²) in [6.07, 6.45) is 2.45. The number of anilines is 1. The van der Waals surface area contributed by atoms with Gasteiger partial charge in [0, 0.05) is 75.7 Å². The number of carbonyl (C=O) groups excluding carboxylic acids is 1. The zero-order chi connectivity index (χ0) is 18.6. The summed E-state index contributed by atoms with van der Waals surface area (Å²) in [7, 11) is 0. The second-order valence-electron chi connectivity index (χ2n) is 7.67. The third-order valence-electron chi connectivity index (χ3n) is 5.72. The first-order chi connectivity index (χ1) is 13.2. The molecular formula is C22H28N4O. The van der Waals surface area contributed by atoms with Gasteiger partial charge in [-0.1, -0.05) is 18.2 Å². The fourth-order valence-electron chi connectivity index (χ4n) is 3.95.